The quantitative estimate of drug-likeness (QED) is 0.676. The van der Waals surface area contributed by atoms with Crippen LogP contribution in [0.4, 0.5) is 0 Å². The highest BCUT2D eigenvalue weighted by Gasteiger charge is 2.29. The van der Waals surface area contributed by atoms with Crippen LogP contribution in [0, 0.1) is 11.8 Å². The van der Waals surface area contributed by atoms with Gasteiger partial charge in [0.15, 0.2) is 5.96 Å². The second-order valence-electron chi connectivity index (χ2n) is 7.49. The van der Waals surface area contributed by atoms with Gasteiger partial charge in [-0.1, -0.05) is 6.92 Å². The van der Waals surface area contributed by atoms with Crippen molar-refractivity contribution in [3.05, 3.63) is 18.7 Å². The van der Waals surface area contributed by atoms with Gasteiger partial charge in [-0.15, -0.1) is 0 Å². The molecule has 3 rings (SSSR count). The molecule has 0 radical (unpaired) electrons. The van der Waals surface area contributed by atoms with Crippen molar-refractivity contribution >= 4 is 5.96 Å². The van der Waals surface area contributed by atoms with Gasteiger partial charge in [0, 0.05) is 45.6 Å². The third-order valence-electron chi connectivity index (χ3n) is 5.61. The minimum Gasteiger partial charge on any atom is -0.356 e. The van der Waals surface area contributed by atoms with E-state index in [1.165, 1.54) is 32.4 Å². The molecule has 0 bridgehead atoms. The molecule has 1 aromatic heterocycles. The Morgan fingerprint density at radius 1 is 1.29 bits per heavy atom. The van der Waals surface area contributed by atoms with Gasteiger partial charge in [-0.2, -0.15) is 0 Å². The lowest BCUT2D eigenvalue weighted by Gasteiger charge is -2.39. The largest absolute Gasteiger partial charge is 0.356 e. The Kier molecular flexibility index (Phi) is 5.76. The van der Waals surface area contributed by atoms with E-state index in [4.69, 9.17) is 0 Å². The van der Waals surface area contributed by atoms with Crippen LogP contribution in [0.2, 0.25) is 0 Å². The lowest BCUT2D eigenvalue weighted by Crippen LogP contribution is -2.50. The van der Waals surface area contributed by atoms with Crippen molar-refractivity contribution in [1.29, 1.82) is 0 Å². The maximum absolute atomic E-state index is 4.55. The highest BCUT2D eigenvalue weighted by atomic mass is 15.3. The topological polar surface area (TPSA) is 48.7 Å². The van der Waals surface area contributed by atoms with Crippen LogP contribution >= 0.6 is 0 Å². The fourth-order valence-corrected chi connectivity index (χ4v) is 4.10. The van der Waals surface area contributed by atoms with Crippen LogP contribution in [0.1, 0.15) is 32.2 Å². The maximum atomic E-state index is 4.55. The average Bonchev–Trinajstić information content (AvgIpc) is 3.11. The minimum absolute atomic E-state index is 0.473. The predicted molar refractivity (Wildman–Crippen MR) is 98.2 cm³/mol. The number of likely N-dealkylation sites (tertiary alicyclic amines) is 2. The smallest absolute Gasteiger partial charge is 0.193 e. The van der Waals surface area contributed by atoms with E-state index in [0.717, 1.165) is 31.5 Å². The van der Waals surface area contributed by atoms with Crippen LogP contribution in [-0.4, -0.2) is 72.1 Å². The number of guanidine groups is 1. The van der Waals surface area contributed by atoms with E-state index in [-0.39, 0.29) is 0 Å². The maximum Gasteiger partial charge on any atom is 0.193 e. The first-order valence-corrected chi connectivity index (χ1v) is 9.29. The molecule has 0 aromatic carbocycles. The molecule has 2 fully saturated rings. The van der Waals surface area contributed by atoms with Crippen LogP contribution in [0.25, 0.3) is 0 Å². The Labute approximate surface area is 145 Å². The first-order chi connectivity index (χ1) is 11.7. The Balaban J connectivity index is 1.57. The van der Waals surface area contributed by atoms with Gasteiger partial charge in [-0.25, -0.2) is 4.98 Å². The zero-order chi connectivity index (χ0) is 16.9. The summed E-state index contributed by atoms with van der Waals surface area (Å²) in [4.78, 5) is 13.6. The van der Waals surface area contributed by atoms with E-state index in [9.17, 15) is 0 Å². The molecule has 0 aliphatic carbocycles. The number of hydrogen-bond acceptors (Lipinski definition) is 3. The van der Waals surface area contributed by atoms with Crippen molar-refractivity contribution in [2.24, 2.45) is 16.8 Å². The second kappa shape index (κ2) is 8.01. The summed E-state index contributed by atoms with van der Waals surface area (Å²) in [6, 6.07) is 0.473. The molecule has 0 spiro atoms. The molecular formula is C18H32N6. The SMILES string of the molecule is CN=C(NCC1CCCN(C)C1)N1CCC(C)C(n2ccnc2)C1. The van der Waals surface area contributed by atoms with Gasteiger partial charge >= 0.3 is 0 Å². The van der Waals surface area contributed by atoms with E-state index in [1.54, 1.807) is 0 Å². The number of nitrogens with zero attached hydrogens (tertiary/aromatic N) is 5. The van der Waals surface area contributed by atoms with Gasteiger partial charge in [0.2, 0.25) is 0 Å². The van der Waals surface area contributed by atoms with E-state index < -0.39 is 0 Å². The van der Waals surface area contributed by atoms with Crippen LogP contribution in [0.5, 0.6) is 0 Å². The highest BCUT2D eigenvalue weighted by molar-refractivity contribution is 5.80. The highest BCUT2D eigenvalue weighted by Crippen LogP contribution is 2.27. The van der Waals surface area contributed by atoms with E-state index >= 15 is 0 Å². The van der Waals surface area contributed by atoms with E-state index in [1.807, 2.05) is 19.6 Å². The zero-order valence-corrected chi connectivity index (χ0v) is 15.4. The van der Waals surface area contributed by atoms with Crippen LogP contribution in [0.15, 0.2) is 23.7 Å². The molecule has 0 saturated carbocycles. The molecule has 3 unspecified atom stereocenters. The summed E-state index contributed by atoms with van der Waals surface area (Å²) in [5.41, 5.74) is 0. The van der Waals surface area contributed by atoms with Gasteiger partial charge in [0.1, 0.15) is 0 Å². The fraction of sp³-hybridized carbons (Fsp3) is 0.778. The summed E-state index contributed by atoms with van der Waals surface area (Å²) >= 11 is 0. The molecule has 0 amide bonds. The molecule has 2 aliphatic heterocycles. The predicted octanol–water partition coefficient (Wildman–Crippen LogP) is 1.68. The van der Waals surface area contributed by atoms with E-state index in [2.05, 4.69) is 49.8 Å². The van der Waals surface area contributed by atoms with Crippen LogP contribution in [-0.2, 0) is 0 Å². The molecule has 134 valence electrons. The van der Waals surface area contributed by atoms with Crippen molar-refractivity contribution in [2.45, 2.75) is 32.2 Å². The third kappa shape index (κ3) is 4.09. The fourth-order valence-electron chi connectivity index (χ4n) is 4.10. The number of nitrogens with one attached hydrogen (secondary N) is 1. The monoisotopic (exact) mass is 332 g/mol. The van der Waals surface area contributed by atoms with Crippen LogP contribution in [0.3, 0.4) is 0 Å². The van der Waals surface area contributed by atoms with Gasteiger partial charge in [-0.05, 0) is 44.7 Å². The molecule has 1 aromatic rings. The summed E-state index contributed by atoms with van der Waals surface area (Å²) in [5, 5.41) is 3.63. The molecular weight excluding hydrogens is 300 g/mol. The number of imidazole rings is 1. The summed E-state index contributed by atoms with van der Waals surface area (Å²) in [6.45, 7) is 7.88. The number of aliphatic imine (C=N–C) groups is 1. The Morgan fingerprint density at radius 3 is 2.88 bits per heavy atom. The number of rotatable bonds is 3. The molecule has 3 atom stereocenters. The molecule has 6 nitrogen and oxygen atoms in total. The number of hydrogen-bond donors (Lipinski definition) is 1. The lowest BCUT2D eigenvalue weighted by atomic mass is 9.93. The second-order valence-corrected chi connectivity index (χ2v) is 7.49. The Morgan fingerprint density at radius 2 is 2.17 bits per heavy atom. The summed E-state index contributed by atoms with van der Waals surface area (Å²) in [5.74, 6) is 2.45. The summed E-state index contributed by atoms with van der Waals surface area (Å²) in [6.07, 6.45) is 9.72. The standard InChI is InChI=1S/C18H32N6/c1-15-6-9-23(13-17(15)24-10-7-20-14-24)18(19-2)21-11-16-5-4-8-22(3)12-16/h7,10,14-17H,4-6,8-9,11-13H2,1-3H3,(H,19,21). The molecule has 2 aliphatic rings. The van der Waals surface area contributed by atoms with Gasteiger partial charge < -0.3 is 19.7 Å². The first-order valence-electron chi connectivity index (χ1n) is 9.29. The van der Waals surface area contributed by atoms with Crippen molar-refractivity contribution in [3.63, 3.8) is 0 Å². The summed E-state index contributed by atoms with van der Waals surface area (Å²) in [7, 11) is 4.13. The van der Waals surface area contributed by atoms with Crippen molar-refractivity contribution in [1.82, 2.24) is 24.7 Å². The number of piperidine rings is 2. The van der Waals surface area contributed by atoms with Crippen molar-refractivity contribution in [2.75, 3.05) is 46.8 Å². The Bertz CT molecular complexity index is 526. The first kappa shape index (κ1) is 17.3. The molecule has 2 saturated heterocycles. The molecule has 24 heavy (non-hydrogen) atoms. The van der Waals surface area contributed by atoms with E-state index in [0.29, 0.717) is 12.0 Å². The zero-order valence-electron chi connectivity index (χ0n) is 15.4. The Hall–Kier alpha value is -1.56. The molecule has 6 heteroatoms. The summed E-state index contributed by atoms with van der Waals surface area (Å²) < 4.78 is 2.25. The van der Waals surface area contributed by atoms with Gasteiger partial charge in [0.25, 0.3) is 0 Å². The van der Waals surface area contributed by atoms with Crippen molar-refractivity contribution < 1.29 is 0 Å². The number of aromatic nitrogens is 2. The average molecular weight is 332 g/mol. The molecule has 3 heterocycles. The molecule has 1 N–H and O–H groups in total. The third-order valence-corrected chi connectivity index (χ3v) is 5.61. The lowest BCUT2D eigenvalue weighted by molar-refractivity contribution is 0.184. The van der Waals surface area contributed by atoms with Crippen molar-refractivity contribution in [3.8, 4) is 0 Å². The van der Waals surface area contributed by atoms with Gasteiger partial charge in [0.05, 0.1) is 12.4 Å². The van der Waals surface area contributed by atoms with Crippen LogP contribution < -0.4 is 5.32 Å². The van der Waals surface area contributed by atoms with Gasteiger partial charge in [-0.3, -0.25) is 4.99 Å². The normalized spacial score (nSPS) is 29.7. The minimum atomic E-state index is 0.473.